The van der Waals surface area contributed by atoms with E-state index in [1.165, 1.54) is 0 Å². The van der Waals surface area contributed by atoms with Crippen molar-refractivity contribution in [3.05, 3.63) is 42.0 Å². The van der Waals surface area contributed by atoms with Crippen molar-refractivity contribution in [1.29, 1.82) is 0 Å². The van der Waals surface area contributed by atoms with Crippen LogP contribution in [-0.4, -0.2) is 12.5 Å². The van der Waals surface area contributed by atoms with Crippen LogP contribution >= 0.6 is 0 Å². The molecule has 0 aromatic heterocycles. The molecule has 0 atom stereocenters. The minimum Gasteiger partial charge on any atom is -0.369 e. The van der Waals surface area contributed by atoms with Gasteiger partial charge in [0.25, 0.3) is 0 Å². The molecule has 14 heavy (non-hydrogen) atoms. The maximum Gasteiger partial charge on any atom is 0.203 e. The van der Waals surface area contributed by atoms with Crippen molar-refractivity contribution in [1.82, 2.24) is 5.43 Å². The van der Waals surface area contributed by atoms with E-state index in [2.05, 4.69) is 10.4 Å². The van der Waals surface area contributed by atoms with Crippen LogP contribution in [0.2, 0.25) is 0 Å². The number of nitrogens with zero attached hydrogens (tertiary/aromatic N) is 1. The Morgan fingerprint density at radius 2 is 2.07 bits per heavy atom. The van der Waals surface area contributed by atoms with E-state index in [1.807, 2.05) is 42.5 Å². The van der Waals surface area contributed by atoms with Crippen LogP contribution in [0.4, 0.5) is 0 Å². The normalized spacial score (nSPS) is 11.9. The zero-order valence-corrected chi connectivity index (χ0v) is 7.85. The van der Waals surface area contributed by atoms with E-state index < -0.39 is 0 Å². The summed E-state index contributed by atoms with van der Waals surface area (Å²) in [6, 6.07) is 9.98. The van der Waals surface area contributed by atoms with Gasteiger partial charge in [0.1, 0.15) is 0 Å². The summed E-state index contributed by atoms with van der Waals surface area (Å²) in [6.45, 7) is 0.519. The van der Waals surface area contributed by atoms with Crippen LogP contribution in [0, 0.1) is 0 Å². The summed E-state index contributed by atoms with van der Waals surface area (Å²) >= 11 is 0. The highest BCUT2D eigenvalue weighted by Gasteiger charge is 1.83. The van der Waals surface area contributed by atoms with Gasteiger partial charge in [-0.05, 0) is 5.56 Å². The van der Waals surface area contributed by atoms with E-state index in [9.17, 15) is 0 Å². The summed E-state index contributed by atoms with van der Waals surface area (Å²) in [6.07, 6.45) is 3.90. The van der Waals surface area contributed by atoms with Gasteiger partial charge in [0, 0.05) is 0 Å². The SMILES string of the molecule is NNC(N)=NCC=Cc1ccccc1. The minimum atomic E-state index is 0.239. The van der Waals surface area contributed by atoms with Crippen molar-refractivity contribution < 1.29 is 0 Å². The fourth-order valence-corrected chi connectivity index (χ4v) is 0.950. The molecule has 4 heteroatoms. The molecule has 0 aliphatic carbocycles. The van der Waals surface area contributed by atoms with E-state index in [4.69, 9.17) is 11.6 Å². The first kappa shape index (κ1) is 10.3. The first-order valence-electron chi connectivity index (χ1n) is 4.31. The first-order valence-corrected chi connectivity index (χ1v) is 4.31. The van der Waals surface area contributed by atoms with Gasteiger partial charge in [0.15, 0.2) is 0 Å². The van der Waals surface area contributed by atoms with Crippen LogP contribution in [0.25, 0.3) is 6.08 Å². The Balaban J connectivity index is 2.42. The minimum absolute atomic E-state index is 0.239. The Bertz CT molecular complexity index is 316. The highest BCUT2D eigenvalue weighted by molar-refractivity contribution is 5.77. The lowest BCUT2D eigenvalue weighted by atomic mass is 10.2. The topological polar surface area (TPSA) is 76.4 Å². The number of guanidine groups is 1. The maximum absolute atomic E-state index is 5.33. The number of benzene rings is 1. The molecule has 1 aromatic carbocycles. The fraction of sp³-hybridized carbons (Fsp3) is 0.100. The monoisotopic (exact) mass is 190 g/mol. The lowest BCUT2D eigenvalue weighted by molar-refractivity contribution is 0.990. The number of aliphatic imine (C=N–C) groups is 1. The largest absolute Gasteiger partial charge is 0.369 e. The van der Waals surface area contributed by atoms with Gasteiger partial charge in [-0.15, -0.1) is 0 Å². The molecule has 0 spiro atoms. The van der Waals surface area contributed by atoms with Crippen molar-refractivity contribution in [2.75, 3.05) is 6.54 Å². The summed E-state index contributed by atoms with van der Waals surface area (Å²) in [7, 11) is 0. The van der Waals surface area contributed by atoms with Crippen LogP contribution in [0.5, 0.6) is 0 Å². The van der Waals surface area contributed by atoms with Crippen LogP contribution in [-0.2, 0) is 0 Å². The second-order valence-corrected chi connectivity index (χ2v) is 2.68. The highest BCUT2D eigenvalue weighted by atomic mass is 15.3. The van der Waals surface area contributed by atoms with Crippen LogP contribution in [0.1, 0.15) is 5.56 Å². The van der Waals surface area contributed by atoms with Gasteiger partial charge in [0.05, 0.1) is 6.54 Å². The Morgan fingerprint density at radius 3 is 2.71 bits per heavy atom. The summed E-state index contributed by atoms with van der Waals surface area (Å²) < 4.78 is 0. The van der Waals surface area contributed by atoms with Gasteiger partial charge in [-0.1, -0.05) is 42.5 Å². The highest BCUT2D eigenvalue weighted by Crippen LogP contribution is 2.00. The quantitative estimate of drug-likeness (QED) is 0.281. The average molecular weight is 190 g/mol. The molecular weight excluding hydrogens is 176 g/mol. The van der Waals surface area contributed by atoms with Crippen molar-refractivity contribution in [3.8, 4) is 0 Å². The molecule has 0 aliphatic rings. The van der Waals surface area contributed by atoms with E-state index in [0.29, 0.717) is 6.54 Å². The number of nitrogens with one attached hydrogen (secondary N) is 1. The number of hydrazine groups is 1. The van der Waals surface area contributed by atoms with Crippen molar-refractivity contribution in [2.45, 2.75) is 0 Å². The third kappa shape index (κ3) is 3.73. The summed E-state index contributed by atoms with van der Waals surface area (Å²) in [5, 5.41) is 0. The standard InChI is InChI=1S/C10H14N4/c11-10(14-12)13-8-4-7-9-5-2-1-3-6-9/h1-7H,8,12H2,(H3,11,13,14). The average Bonchev–Trinajstić information content (AvgIpc) is 2.25. The molecule has 1 rings (SSSR count). The third-order valence-electron chi connectivity index (χ3n) is 1.62. The maximum atomic E-state index is 5.33. The summed E-state index contributed by atoms with van der Waals surface area (Å²) in [4.78, 5) is 3.93. The van der Waals surface area contributed by atoms with E-state index >= 15 is 0 Å². The van der Waals surface area contributed by atoms with E-state index in [-0.39, 0.29) is 5.96 Å². The molecule has 0 fully saturated rings. The number of hydrogen-bond donors (Lipinski definition) is 3. The number of nitrogens with two attached hydrogens (primary N) is 2. The van der Waals surface area contributed by atoms with Gasteiger partial charge in [-0.2, -0.15) is 0 Å². The third-order valence-corrected chi connectivity index (χ3v) is 1.62. The molecule has 0 radical (unpaired) electrons. The molecular formula is C10H14N4. The van der Waals surface area contributed by atoms with Gasteiger partial charge >= 0.3 is 0 Å². The molecule has 0 saturated heterocycles. The van der Waals surface area contributed by atoms with Gasteiger partial charge in [-0.3, -0.25) is 5.43 Å². The fourth-order valence-electron chi connectivity index (χ4n) is 0.950. The molecule has 74 valence electrons. The Hall–Kier alpha value is -1.81. The second kappa shape index (κ2) is 5.77. The zero-order chi connectivity index (χ0) is 10.2. The van der Waals surface area contributed by atoms with E-state index in [0.717, 1.165) is 5.56 Å². The smallest absolute Gasteiger partial charge is 0.203 e. The molecule has 4 nitrogen and oxygen atoms in total. The molecule has 5 N–H and O–H groups in total. The van der Waals surface area contributed by atoms with Crippen molar-refractivity contribution in [3.63, 3.8) is 0 Å². The van der Waals surface area contributed by atoms with Crippen LogP contribution < -0.4 is 17.0 Å². The van der Waals surface area contributed by atoms with E-state index in [1.54, 1.807) is 0 Å². The molecule has 0 unspecified atom stereocenters. The molecule has 0 heterocycles. The molecule has 0 bridgehead atoms. The second-order valence-electron chi connectivity index (χ2n) is 2.68. The molecule has 0 saturated carbocycles. The van der Waals surface area contributed by atoms with Crippen molar-refractivity contribution in [2.24, 2.45) is 16.6 Å². The number of hydrogen-bond acceptors (Lipinski definition) is 2. The Morgan fingerprint density at radius 1 is 1.36 bits per heavy atom. The number of rotatable bonds is 3. The lowest BCUT2D eigenvalue weighted by Gasteiger charge is -1.95. The molecule has 1 aromatic rings. The summed E-state index contributed by atoms with van der Waals surface area (Å²) in [5.74, 6) is 5.27. The van der Waals surface area contributed by atoms with Gasteiger partial charge in [-0.25, -0.2) is 10.8 Å². The predicted octanol–water partition coefficient (Wildman–Crippen LogP) is 0.478. The molecule has 0 aliphatic heterocycles. The lowest BCUT2D eigenvalue weighted by Crippen LogP contribution is -2.37. The van der Waals surface area contributed by atoms with Gasteiger partial charge in [0.2, 0.25) is 5.96 Å². The predicted molar refractivity (Wildman–Crippen MR) is 59.3 cm³/mol. The Labute approximate surface area is 83.3 Å². The van der Waals surface area contributed by atoms with Crippen LogP contribution in [0.3, 0.4) is 0 Å². The van der Waals surface area contributed by atoms with Gasteiger partial charge < -0.3 is 5.73 Å². The Kier molecular flexibility index (Phi) is 4.23. The van der Waals surface area contributed by atoms with Crippen LogP contribution in [0.15, 0.2) is 41.4 Å². The first-order chi connectivity index (χ1) is 6.83. The summed E-state index contributed by atoms with van der Waals surface area (Å²) in [5.41, 5.74) is 8.73. The molecule has 0 amide bonds. The van der Waals surface area contributed by atoms with Crippen molar-refractivity contribution >= 4 is 12.0 Å². The zero-order valence-electron chi connectivity index (χ0n) is 7.85.